The van der Waals surface area contributed by atoms with Crippen LogP contribution in [0.5, 0.6) is 0 Å². The number of anilines is 1. The molecule has 1 aliphatic heterocycles. The molecule has 0 aromatic heterocycles. The number of para-hydroxylation sites is 1. The molecule has 5 nitrogen and oxygen atoms in total. The van der Waals surface area contributed by atoms with Crippen molar-refractivity contribution < 1.29 is 9.90 Å². The Morgan fingerprint density at radius 2 is 1.47 bits per heavy atom. The lowest BCUT2D eigenvalue weighted by atomic mass is 9.70. The first kappa shape index (κ1) is 21.9. The SMILES string of the molecule is CC(C)NCC(O)CC1(c2ccccc2)C(=O)N(c2ccccc2)N=C1c1ccccc1. The molecular weight excluding hydrogens is 398 g/mol. The Kier molecular flexibility index (Phi) is 6.49. The molecule has 164 valence electrons. The third kappa shape index (κ3) is 4.22. The number of aliphatic hydroxyl groups is 1. The van der Waals surface area contributed by atoms with Crippen LogP contribution in [0.3, 0.4) is 0 Å². The maximum absolute atomic E-state index is 14.2. The molecule has 0 radical (unpaired) electrons. The Morgan fingerprint density at radius 1 is 0.906 bits per heavy atom. The van der Waals surface area contributed by atoms with Gasteiger partial charge in [-0.25, -0.2) is 0 Å². The van der Waals surface area contributed by atoms with Gasteiger partial charge < -0.3 is 10.4 Å². The molecule has 1 aliphatic rings. The van der Waals surface area contributed by atoms with Gasteiger partial charge in [-0.1, -0.05) is 92.7 Å². The van der Waals surface area contributed by atoms with Gasteiger partial charge >= 0.3 is 0 Å². The number of amides is 1. The van der Waals surface area contributed by atoms with Crippen molar-refractivity contribution in [3.8, 4) is 0 Å². The predicted octanol–water partition coefficient (Wildman–Crippen LogP) is 4.12. The second-order valence-electron chi connectivity index (χ2n) is 8.46. The number of carbonyl (C=O) groups excluding carboxylic acids is 1. The van der Waals surface area contributed by atoms with Crippen molar-refractivity contribution in [1.29, 1.82) is 0 Å². The van der Waals surface area contributed by atoms with E-state index in [0.29, 0.717) is 17.9 Å². The van der Waals surface area contributed by atoms with Crippen LogP contribution in [-0.4, -0.2) is 35.4 Å². The van der Waals surface area contributed by atoms with Gasteiger partial charge in [0.2, 0.25) is 0 Å². The fourth-order valence-corrected chi connectivity index (χ4v) is 4.24. The van der Waals surface area contributed by atoms with Crippen LogP contribution in [0.15, 0.2) is 96.1 Å². The first-order valence-corrected chi connectivity index (χ1v) is 11.0. The molecule has 1 amide bonds. The summed E-state index contributed by atoms with van der Waals surface area (Å²) >= 11 is 0. The minimum Gasteiger partial charge on any atom is -0.392 e. The van der Waals surface area contributed by atoms with Crippen molar-refractivity contribution in [2.45, 2.75) is 37.8 Å². The van der Waals surface area contributed by atoms with Gasteiger partial charge in [0.05, 0.1) is 17.5 Å². The number of hydrazone groups is 1. The second-order valence-corrected chi connectivity index (χ2v) is 8.46. The summed E-state index contributed by atoms with van der Waals surface area (Å²) < 4.78 is 0. The molecule has 32 heavy (non-hydrogen) atoms. The molecule has 0 fully saturated rings. The van der Waals surface area contributed by atoms with Crippen molar-refractivity contribution in [2.24, 2.45) is 5.10 Å². The molecule has 0 aliphatic carbocycles. The average Bonchev–Trinajstić information content (AvgIpc) is 3.12. The molecule has 2 N–H and O–H groups in total. The molecule has 5 heteroatoms. The van der Waals surface area contributed by atoms with E-state index in [-0.39, 0.29) is 18.4 Å². The second kappa shape index (κ2) is 9.47. The average molecular weight is 428 g/mol. The Labute approximate surface area is 189 Å². The standard InChI is InChI=1S/C27H29N3O2/c1-20(2)28-19-24(31)18-27(22-14-8-4-9-15-22)25(21-12-6-3-7-13-21)29-30(26(27)32)23-16-10-5-11-17-23/h3-17,20,24,28,31H,18-19H2,1-2H3. The highest BCUT2D eigenvalue weighted by molar-refractivity contribution is 6.29. The van der Waals surface area contributed by atoms with Crippen LogP contribution in [0.25, 0.3) is 0 Å². The van der Waals surface area contributed by atoms with E-state index in [9.17, 15) is 9.90 Å². The van der Waals surface area contributed by atoms with Gasteiger partial charge in [-0.2, -0.15) is 10.1 Å². The van der Waals surface area contributed by atoms with Crippen molar-refractivity contribution in [3.63, 3.8) is 0 Å². The number of nitrogens with one attached hydrogen (secondary N) is 1. The maximum Gasteiger partial charge on any atom is 0.264 e. The number of hydrogen-bond donors (Lipinski definition) is 2. The van der Waals surface area contributed by atoms with E-state index >= 15 is 0 Å². The number of benzene rings is 3. The molecule has 1 heterocycles. The molecule has 3 aromatic rings. The monoisotopic (exact) mass is 427 g/mol. The quantitative estimate of drug-likeness (QED) is 0.568. The molecular formula is C27H29N3O2. The van der Waals surface area contributed by atoms with E-state index in [0.717, 1.165) is 11.1 Å². The van der Waals surface area contributed by atoms with Crippen molar-refractivity contribution in [3.05, 3.63) is 102 Å². The lowest BCUT2D eigenvalue weighted by Crippen LogP contribution is -2.48. The minimum absolute atomic E-state index is 0.155. The lowest BCUT2D eigenvalue weighted by molar-refractivity contribution is -0.122. The first-order chi connectivity index (χ1) is 15.5. The smallest absolute Gasteiger partial charge is 0.264 e. The van der Waals surface area contributed by atoms with Crippen LogP contribution in [0, 0.1) is 0 Å². The zero-order chi connectivity index (χ0) is 22.6. The highest BCUT2D eigenvalue weighted by atomic mass is 16.3. The topological polar surface area (TPSA) is 64.9 Å². The summed E-state index contributed by atoms with van der Waals surface area (Å²) in [5, 5.41) is 20.7. The Morgan fingerprint density at radius 3 is 2.06 bits per heavy atom. The third-order valence-electron chi connectivity index (χ3n) is 5.78. The molecule has 0 bridgehead atoms. The van der Waals surface area contributed by atoms with Gasteiger partial charge in [0.15, 0.2) is 0 Å². The zero-order valence-corrected chi connectivity index (χ0v) is 18.5. The van der Waals surface area contributed by atoms with Gasteiger partial charge in [-0.3, -0.25) is 4.79 Å². The fraction of sp³-hybridized carbons (Fsp3) is 0.259. The molecule has 3 aromatic carbocycles. The Hall–Kier alpha value is -3.28. The van der Waals surface area contributed by atoms with Crippen LogP contribution in [0.4, 0.5) is 5.69 Å². The van der Waals surface area contributed by atoms with Gasteiger partial charge in [0.1, 0.15) is 5.41 Å². The normalized spacial score (nSPS) is 19.3. The van der Waals surface area contributed by atoms with Crippen molar-refractivity contribution in [2.75, 3.05) is 11.6 Å². The van der Waals surface area contributed by atoms with E-state index in [2.05, 4.69) is 5.32 Å². The summed E-state index contributed by atoms with van der Waals surface area (Å²) in [5.74, 6) is -0.155. The molecule has 2 unspecified atom stereocenters. The van der Waals surface area contributed by atoms with Gasteiger partial charge in [0.25, 0.3) is 5.91 Å². The fourth-order valence-electron chi connectivity index (χ4n) is 4.24. The Bertz CT molecular complexity index is 1070. The molecule has 0 spiro atoms. The highest BCUT2D eigenvalue weighted by Crippen LogP contribution is 2.42. The third-order valence-corrected chi connectivity index (χ3v) is 5.78. The lowest BCUT2D eigenvalue weighted by Gasteiger charge is -2.32. The van der Waals surface area contributed by atoms with E-state index < -0.39 is 11.5 Å². The van der Waals surface area contributed by atoms with Crippen molar-refractivity contribution >= 4 is 17.3 Å². The summed E-state index contributed by atoms with van der Waals surface area (Å²) in [7, 11) is 0. The van der Waals surface area contributed by atoms with Gasteiger partial charge in [0, 0.05) is 12.6 Å². The first-order valence-electron chi connectivity index (χ1n) is 11.0. The zero-order valence-electron chi connectivity index (χ0n) is 18.5. The summed E-state index contributed by atoms with van der Waals surface area (Å²) in [6, 6.07) is 29.2. The highest BCUT2D eigenvalue weighted by Gasteiger charge is 2.54. The number of rotatable bonds is 8. The van der Waals surface area contributed by atoms with E-state index in [1.807, 2.05) is 105 Å². The summed E-state index contributed by atoms with van der Waals surface area (Å²) in [5.41, 5.74) is 1.96. The van der Waals surface area contributed by atoms with Crippen LogP contribution < -0.4 is 10.3 Å². The number of aliphatic hydroxyl groups excluding tert-OH is 1. The molecule has 0 saturated carbocycles. The Balaban J connectivity index is 1.87. The minimum atomic E-state index is -1.10. The summed E-state index contributed by atoms with van der Waals surface area (Å²) in [6.07, 6.45) is -0.502. The van der Waals surface area contributed by atoms with Crippen LogP contribution in [-0.2, 0) is 10.2 Å². The van der Waals surface area contributed by atoms with E-state index in [1.54, 1.807) is 0 Å². The van der Waals surface area contributed by atoms with E-state index in [1.165, 1.54) is 5.01 Å². The summed E-state index contributed by atoms with van der Waals surface area (Å²) in [4.78, 5) is 14.2. The van der Waals surface area contributed by atoms with Gasteiger partial charge in [-0.15, -0.1) is 0 Å². The molecule has 2 atom stereocenters. The number of hydrogen-bond acceptors (Lipinski definition) is 4. The maximum atomic E-state index is 14.2. The van der Waals surface area contributed by atoms with E-state index in [4.69, 9.17) is 5.10 Å². The van der Waals surface area contributed by atoms with Gasteiger partial charge in [-0.05, 0) is 29.7 Å². The number of carbonyl (C=O) groups is 1. The van der Waals surface area contributed by atoms with Crippen molar-refractivity contribution in [1.82, 2.24) is 5.32 Å². The van der Waals surface area contributed by atoms with Crippen LogP contribution >= 0.6 is 0 Å². The molecule has 0 saturated heterocycles. The predicted molar refractivity (Wildman–Crippen MR) is 129 cm³/mol. The summed E-state index contributed by atoms with van der Waals surface area (Å²) in [6.45, 7) is 4.47. The number of nitrogens with zero attached hydrogens (tertiary/aromatic N) is 2. The largest absolute Gasteiger partial charge is 0.392 e. The van der Waals surface area contributed by atoms with Crippen LogP contribution in [0.1, 0.15) is 31.4 Å². The van der Waals surface area contributed by atoms with Crippen LogP contribution in [0.2, 0.25) is 0 Å². The molecule has 4 rings (SSSR count).